The number of alkyl halides is 1. The van der Waals surface area contributed by atoms with Crippen LogP contribution in [-0.4, -0.2) is 21.7 Å². The fourth-order valence-electron chi connectivity index (χ4n) is 4.18. The van der Waals surface area contributed by atoms with Crippen LogP contribution in [-0.2, 0) is 19.4 Å². The maximum atomic E-state index is 10.5. The molecule has 4 atom stereocenters. The molecule has 1 saturated carbocycles. The van der Waals surface area contributed by atoms with E-state index in [0.717, 1.165) is 42.5 Å². The molecule has 0 radical (unpaired) electrons. The van der Waals surface area contributed by atoms with Crippen molar-refractivity contribution in [3.05, 3.63) is 55.7 Å². The summed E-state index contributed by atoms with van der Waals surface area (Å²) >= 11 is 20.4. The summed E-state index contributed by atoms with van der Waals surface area (Å²) in [4.78, 5) is 2.31. The molecule has 1 aromatic carbocycles. The lowest BCUT2D eigenvalue weighted by molar-refractivity contribution is 0.109. The van der Waals surface area contributed by atoms with Gasteiger partial charge in [0.1, 0.15) is 0 Å². The molecule has 3 rings (SSSR count). The third-order valence-electron chi connectivity index (χ3n) is 5.50. The highest BCUT2D eigenvalue weighted by atomic mass is 35.5. The number of aliphatic hydroxyl groups is 2. The highest BCUT2D eigenvalue weighted by molar-refractivity contribution is 7.11. The lowest BCUT2D eigenvalue weighted by atomic mass is 9.85. The maximum Gasteiger partial charge on any atom is 0.0774 e. The minimum Gasteiger partial charge on any atom is -0.393 e. The molecule has 6 heteroatoms. The molecule has 2 aromatic rings. The largest absolute Gasteiger partial charge is 0.393 e. The van der Waals surface area contributed by atoms with Crippen molar-refractivity contribution in [2.75, 3.05) is 0 Å². The molecule has 0 bridgehead atoms. The summed E-state index contributed by atoms with van der Waals surface area (Å²) in [5, 5.41) is 21.0. The van der Waals surface area contributed by atoms with E-state index in [1.165, 1.54) is 4.88 Å². The van der Waals surface area contributed by atoms with Gasteiger partial charge in [0.2, 0.25) is 0 Å². The molecule has 1 heterocycles. The highest BCUT2D eigenvalue weighted by Gasteiger charge is 2.40. The van der Waals surface area contributed by atoms with E-state index in [0.29, 0.717) is 22.4 Å². The van der Waals surface area contributed by atoms with Gasteiger partial charge in [-0.1, -0.05) is 23.2 Å². The van der Waals surface area contributed by atoms with Crippen LogP contribution in [0.1, 0.15) is 41.0 Å². The molecule has 1 fully saturated rings. The van der Waals surface area contributed by atoms with E-state index in [2.05, 4.69) is 6.07 Å². The molecule has 1 aliphatic carbocycles. The summed E-state index contributed by atoms with van der Waals surface area (Å²) in [5.41, 5.74) is 1.10. The lowest BCUT2D eigenvalue weighted by Crippen LogP contribution is -2.21. The summed E-state index contributed by atoms with van der Waals surface area (Å²) < 4.78 is 0. The molecule has 2 nitrogen and oxygen atoms in total. The Morgan fingerprint density at radius 1 is 0.963 bits per heavy atom. The summed E-state index contributed by atoms with van der Waals surface area (Å²) in [6, 6.07) is 9.71. The van der Waals surface area contributed by atoms with Crippen molar-refractivity contribution in [1.82, 2.24) is 0 Å². The van der Waals surface area contributed by atoms with Crippen LogP contribution in [0, 0.1) is 11.8 Å². The molecule has 2 N–H and O–H groups in total. The minimum absolute atomic E-state index is 0.0317. The number of aryl methyl sites for hydroxylation is 2. The Morgan fingerprint density at radius 3 is 2.33 bits per heavy atom. The number of benzene rings is 1. The standard InChI is InChI=1S/C21H25Cl3O2S/c22-14-8-13(9-15(23)10-14)4-7-19-18(20(24)11-21(19)26)3-1-2-16-5-6-17(12-25)27-16/h5-6,8-10,18-21,25-26H,1-4,7,11-12H2/t18-,19-,20-,21-/m1/s1. The van der Waals surface area contributed by atoms with Crippen molar-refractivity contribution in [1.29, 1.82) is 0 Å². The fraction of sp³-hybridized carbons (Fsp3) is 0.524. The van der Waals surface area contributed by atoms with Gasteiger partial charge in [-0.25, -0.2) is 0 Å². The van der Waals surface area contributed by atoms with Gasteiger partial charge >= 0.3 is 0 Å². The highest BCUT2D eigenvalue weighted by Crippen LogP contribution is 2.41. The van der Waals surface area contributed by atoms with Gasteiger partial charge in [0.15, 0.2) is 0 Å². The van der Waals surface area contributed by atoms with E-state index in [9.17, 15) is 10.2 Å². The molecule has 1 aliphatic rings. The Bertz CT molecular complexity index is 729. The van der Waals surface area contributed by atoms with Gasteiger partial charge < -0.3 is 10.2 Å². The first-order chi connectivity index (χ1) is 13.0. The molecule has 27 heavy (non-hydrogen) atoms. The number of hydrogen-bond donors (Lipinski definition) is 2. The zero-order valence-electron chi connectivity index (χ0n) is 15.1. The van der Waals surface area contributed by atoms with Crippen molar-refractivity contribution in [2.45, 2.75) is 56.6 Å². The number of aliphatic hydroxyl groups excluding tert-OH is 2. The molecule has 1 aromatic heterocycles. The number of thiophene rings is 1. The predicted octanol–water partition coefficient (Wildman–Crippen LogP) is 6.11. The van der Waals surface area contributed by atoms with Crippen molar-refractivity contribution in [3.63, 3.8) is 0 Å². The Hall–Kier alpha value is -0.290. The predicted molar refractivity (Wildman–Crippen MR) is 115 cm³/mol. The lowest BCUT2D eigenvalue weighted by Gasteiger charge is -2.23. The van der Waals surface area contributed by atoms with Crippen molar-refractivity contribution < 1.29 is 10.2 Å². The van der Waals surface area contributed by atoms with E-state index in [1.54, 1.807) is 17.4 Å². The SMILES string of the molecule is OCc1ccc(CCC[C@@H]2[C@@H](CCc3cc(Cl)cc(Cl)c3)[C@H](O)C[C@H]2Cl)s1. The summed E-state index contributed by atoms with van der Waals surface area (Å²) in [6.45, 7) is 0.110. The van der Waals surface area contributed by atoms with Crippen LogP contribution in [0.3, 0.4) is 0 Å². The summed E-state index contributed by atoms with van der Waals surface area (Å²) in [7, 11) is 0. The van der Waals surface area contributed by atoms with E-state index in [1.807, 2.05) is 18.2 Å². The zero-order valence-corrected chi connectivity index (χ0v) is 18.2. The maximum absolute atomic E-state index is 10.5. The molecule has 0 unspecified atom stereocenters. The third kappa shape index (κ3) is 5.85. The van der Waals surface area contributed by atoms with Crippen LogP contribution in [0.4, 0.5) is 0 Å². The average Bonchev–Trinajstić information content (AvgIpc) is 3.17. The van der Waals surface area contributed by atoms with Crippen LogP contribution in [0.15, 0.2) is 30.3 Å². The molecule has 0 amide bonds. The smallest absolute Gasteiger partial charge is 0.0774 e. The Kier molecular flexibility index (Phi) is 7.90. The van der Waals surface area contributed by atoms with Crippen LogP contribution >= 0.6 is 46.1 Å². The molecule has 0 saturated heterocycles. The van der Waals surface area contributed by atoms with Crippen molar-refractivity contribution in [2.24, 2.45) is 11.8 Å². The molecular formula is C21H25Cl3O2S. The number of rotatable bonds is 8. The number of halogens is 3. The normalized spacial score (nSPS) is 25.2. The molecule has 0 spiro atoms. The quantitative estimate of drug-likeness (QED) is 0.479. The Morgan fingerprint density at radius 2 is 1.67 bits per heavy atom. The average molecular weight is 448 g/mol. The van der Waals surface area contributed by atoms with Gasteiger partial charge in [0, 0.05) is 25.2 Å². The molecule has 148 valence electrons. The third-order valence-corrected chi connectivity index (χ3v) is 7.57. The van der Waals surface area contributed by atoms with Gasteiger partial charge in [-0.3, -0.25) is 0 Å². The first kappa shape index (κ1) is 21.4. The van der Waals surface area contributed by atoms with E-state index < -0.39 is 0 Å². The first-order valence-corrected chi connectivity index (χ1v) is 11.4. The fourth-order valence-corrected chi connectivity index (χ4v) is 6.16. The Balaban J connectivity index is 1.55. The molecular weight excluding hydrogens is 423 g/mol. The van der Waals surface area contributed by atoms with Gasteiger partial charge in [-0.05, 0) is 86.3 Å². The van der Waals surface area contributed by atoms with E-state index in [4.69, 9.17) is 34.8 Å². The number of hydrogen-bond acceptors (Lipinski definition) is 3. The van der Waals surface area contributed by atoms with Crippen LogP contribution in [0.5, 0.6) is 0 Å². The van der Waals surface area contributed by atoms with Gasteiger partial charge in [0.25, 0.3) is 0 Å². The van der Waals surface area contributed by atoms with Crippen LogP contribution < -0.4 is 0 Å². The second-order valence-corrected chi connectivity index (χ2v) is 10.1. The van der Waals surface area contributed by atoms with E-state index in [-0.39, 0.29) is 24.0 Å². The molecule has 0 aliphatic heterocycles. The van der Waals surface area contributed by atoms with E-state index >= 15 is 0 Å². The summed E-state index contributed by atoms with van der Waals surface area (Å²) in [5.74, 6) is 0.537. The van der Waals surface area contributed by atoms with Crippen LogP contribution in [0.2, 0.25) is 10.0 Å². The van der Waals surface area contributed by atoms with Crippen molar-refractivity contribution >= 4 is 46.1 Å². The second-order valence-electron chi connectivity index (χ2n) is 7.38. The first-order valence-electron chi connectivity index (χ1n) is 9.42. The second kappa shape index (κ2) is 9.96. The van der Waals surface area contributed by atoms with Gasteiger partial charge in [0.05, 0.1) is 12.7 Å². The minimum atomic E-state index is -0.338. The van der Waals surface area contributed by atoms with Gasteiger partial charge in [-0.2, -0.15) is 0 Å². The van der Waals surface area contributed by atoms with Crippen molar-refractivity contribution in [3.8, 4) is 0 Å². The topological polar surface area (TPSA) is 40.5 Å². The zero-order chi connectivity index (χ0) is 19.4. The van der Waals surface area contributed by atoms with Crippen LogP contribution in [0.25, 0.3) is 0 Å². The summed E-state index contributed by atoms with van der Waals surface area (Å²) in [6.07, 6.45) is 5.11. The Labute approximate surface area is 180 Å². The van der Waals surface area contributed by atoms with Gasteiger partial charge in [-0.15, -0.1) is 22.9 Å². The monoisotopic (exact) mass is 446 g/mol.